The molecule has 0 spiro atoms. The second kappa shape index (κ2) is 7.68. The average molecular weight is 332 g/mol. The number of alkyl carbamates (subject to hydrolysis) is 1. The van der Waals surface area contributed by atoms with Crippen LogP contribution >= 0.6 is 12.2 Å². The maximum Gasteiger partial charge on any atom is 0.413 e. The summed E-state index contributed by atoms with van der Waals surface area (Å²) >= 11 is 4.86. The minimum Gasteiger partial charge on any atom is -0.468 e. The van der Waals surface area contributed by atoms with Crippen molar-refractivity contribution < 1.29 is 23.9 Å². The molecule has 2 unspecified atom stereocenters. The number of hydrogen-bond acceptors (Lipinski definition) is 8. The van der Waals surface area contributed by atoms with Gasteiger partial charge in [-0.25, -0.2) is 4.79 Å². The zero-order chi connectivity index (χ0) is 16.8. The Bertz CT molecular complexity index is 523. The van der Waals surface area contributed by atoms with Crippen LogP contribution in [0.5, 0.6) is 0 Å². The molecule has 0 bridgehead atoms. The molecule has 0 aliphatic heterocycles. The molecule has 22 heavy (non-hydrogen) atoms. The molecular formula is C11H16N4O6S. The van der Waals surface area contributed by atoms with Gasteiger partial charge in [0.15, 0.2) is 11.9 Å². The van der Waals surface area contributed by atoms with E-state index in [9.17, 15) is 14.9 Å². The van der Waals surface area contributed by atoms with Crippen LogP contribution in [0.25, 0.3) is 0 Å². The van der Waals surface area contributed by atoms with E-state index in [1.165, 1.54) is 19.3 Å². The van der Waals surface area contributed by atoms with Crippen molar-refractivity contribution in [2.75, 3.05) is 21.0 Å². The smallest absolute Gasteiger partial charge is 0.413 e. The van der Waals surface area contributed by atoms with Crippen molar-refractivity contribution in [3.05, 3.63) is 34.1 Å². The molecule has 0 saturated heterocycles. The molecule has 122 valence electrons. The largest absolute Gasteiger partial charge is 0.468 e. The Kier molecular flexibility index (Phi) is 6.22. The van der Waals surface area contributed by atoms with Crippen LogP contribution in [0.3, 0.4) is 0 Å². The fourth-order valence-corrected chi connectivity index (χ4v) is 1.79. The number of amides is 1. The number of allylic oxidation sites excluding steroid dienone is 1. The number of thiocarbonyl (C=S) groups is 1. The Morgan fingerprint density at radius 1 is 1.59 bits per heavy atom. The zero-order valence-corrected chi connectivity index (χ0v) is 12.7. The molecule has 11 heteroatoms. The number of nitrogens with two attached hydrogens (primary N) is 1. The van der Waals surface area contributed by atoms with Crippen molar-refractivity contribution in [1.29, 1.82) is 0 Å². The molecule has 2 atom stereocenters. The quantitative estimate of drug-likeness (QED) is 0.265. The van der Waals surface area contributed by atoms with Crippen LogP contribution in [-0.4, -0.2) is 48.8 Å². The number of nitrogens with zero attached hydrogens (tertiary/aromatic N) is 1. The molecule has 0 fully saturated rings. The first kappa shape index (κ1) is 17.8. The van der Waals surface area contributed by atoms with Crippen molar-refractivity contribution >= 4 is 23.4 Å². The Morgan fingerprint density at radius 3 is 2.82 bits per heavy atom. The van der Waals surface area contributed by atoms with Crippen LogP contribution in [0.2, 0.25) is 0 Å². The molecule has 0 saturated carbocycles. The van der Waals surface area contributed by atoms with Gasteiger partial charge in [-0.3, -0.25) is 21.2 Å². The van der Waals surface area contributed by atoms with Crippen molar-refractivity contribution in [3.8, 4) is 0 Å². The number of ether oxygens (including phenoxy) is 3. The summed E-state index contributed by atoms with van der Waals surface area (Å²) in [6, 6.07) is -0.998. The first-order chi connectivity index (χ1) is 10.3. The van der Waals surface area contributed by atoms with Gasteiger partial charge in [-0.05, 0) is 24.4 Å². The predicted octanol–water partition coefficient (Wildman–Crippen LogP) is -0.409. The van der Waals surface area contributed by atoms with E-state index in [4.69, 9.17) is 27.4 Å². The second-order valence-electron chi connectivity index (χ2n) is 4.17. The van der Waals surface area contributed by atoms with Gasteiger partial charge >= 0.3 is 11.8 Å². The Balaban J connectivity index is 2.85. The van der Waals surface area contributed by atoms with E-state index in [0.29, 0.717) is 0 Å². The number of carbonyl (C=O) groups is 1. The lowest BCUT2D eigenvalue weighted by Gasteiger charge is -2.29. The van der Waals surface area contributed by atoms with Gasteiger partial charge in [0, 0.05) is 12.0 Å². The summed E-state index contributed by atoms with van der Waals surface area (Å²) in [4.78, 5) is 21.6. The minimum absolute atomic E-state index is 0.0790. The van der Waals surface area contributed by atoms with E-state index in [2.05, 4.69) is 15.4 Å². The van der Waals surface area contributed by atoms with Crippen LogP contribution in [0, 0.1) is 10.1 Å². The lowest BCUT2D eigenvalue weighted by Crippen LogP contribution is -2.63. The molecule has 1 aliphatic carbocycles. The maximum absolute atomic E-state index is 11.3. The van der Waals surface area contributed by atoms with Crippen molar-refractivity contribution in [2.45, 2.75) is 11.7 Å². The van der Waals surface area contributed by atoms with Crippen LogP contribution in [0.15, 0.2) is 24.0 Å². The third-order valence-electron chi connectivity index (χ3n) is 2.67. The number of hydrogen-bond donors (Lipinski definition) is 3. The Labute approximate surface area is 131 Å². The van der Waals surface area contributed by atoms with E-state index in [-0.39, 0.29) is 17.7 Å². The lowest BCUT2D eigenvalue weighted by atomic mass is 9.96. The standard InChI is InChI=1S/C11H16N4O6S/c1-19-6-21-7-3-4-8(11(12,5-7)15(17)18)13-9(22)14-10(16)20-2/h3-5,8H,6,12H2,1-2H3,(H2,13,14,16,22). The van der Waals surface area contributed by atoms with Gasteiger partial charge in [0.05, 0.1) is 13.2 Å². The van der Waals surface area contributed by atoms with Crippen molar-refractivity contribution in [3.63, 3.8) is 0 Å². The zero-order valence-electron chi connectivity index (χ0n) is 11.9. The number of nitro groups is 1. The normalized spacial score (nSPS) is 23.2. The summed E-state index contributed by atoms with van der Waals surface area (Å²) < 4.78 is 14.2. The van der Waals surface area contributed by atoms with Gasteiger partial charge in [0.1, 0.15) is 11.8 Å². The van der Waals surface area contributed by atoms with Gasteiger partial charge in [-0.1, -0.05) is 0 Å². The first-order valence-corrected chi connectivity index (χ1v) is 6.36. The molecule has 0 radical (unpaired) electrons. The number of nitrogens with one attached hydrogen (secondary N) is 2. The molecule has 0 aromatic heterocycles. The SMILES string of the molecule is COCOC1=CC(N)([N+](=O)[O-])C(NC(=S)NC(=O)OC)C=C1. The summed E-state index contributed by atoms with van der Waals surface area (Å²) in [6.45, 7) is -0.0790. The molecule has 1 aliphatic rings. The van der Waals surface area contributed by atoms with Crippen molar-refractivity contribution in [1.82, 2.24) is 10.6 Å². The van der Waals surface area contributed by atoms with Crippen LogP contribution < -0.4 is 16.4 Å². The number of rotatable bonds is 5. The van der Waals surface area contributed by atoms with E-state index < -0.39 is 22.7 Å². The molecule has 1 rings (SSSR count). The van der Waals surface area contributed by atoms with E-state index >= 15 is 0 Å². The van der Waals surface area contributed by atoms with Crippen LogP contribution in [-0.2, 0) is 14.2 Å². The molecule has 4 N–H and O–H groups in total. The monoisotopic (exact) mass is 332 g/mol. The summed E-state index contributed by atoms with van der Waals surface area (Å²) in [5, 5.41) is 15.9. The van der Waals surface area contributed by atoms with Gasteiger partial charge in [-0.2, -0.15) is 0 Å². The highest BCUT2D eigenvalue weighted by molar-refractivity contribution is 7.80. The highest BCUT2D eigenvalue weighted by Gasteiger charge is 2.46. The van der Waals surface area contributed by atoms with E-state index in [1.54, 1.807) is 0 Å². The van der Waals surface area contributed by atoms with Gasteiger partial charge in [0.2, 0.25) is 0 Å². The summed E-state index contributed by atoms with van der Waals surface area (Å²) in [5.74, 6) is 0.186. The van der Waals surface area contributed by atoms with Gasteiger partial charge in [0.25, 0.3) is 0 Å². The van der Waals surface area contributed by atoms with Crippen LogP contribution in [0.1, 0.15) is 0 Å². The summed E-state index contributed by atoms with van der Waals surface area (Å²) in [5.41, 5.74) is 3.79. The van der Waals surface area contributed by atoms with Crippen molar-refractivity contribution in [2.24, 2.45) is 5.73 Å². The Hall–Kier alpha value is -2.24. The summed E-state index contributed by atoms with van der Waals surface area (Å²) in [7, 11) is 2.57. The Morgan fingerprint density at radius 2 is 2.27 bits per heavy atom. The third-order valence-corrected chi connectivity index (χ3v) is 2.89. The minimum atomic E-state index is -2.01. The number of carbonyl (C=O) groups excluding carboxylic acids is 1. The maximum atomic E-state index is 11.3. The van der Waals surface area contributed by atoms with Crippen LogP contribution in [0.4, 0.5) is 4.79 Å². The van der Waals surface area contributed by atoms with Gasteiger partial charge < -0.3 is 19.5 Å². The molecular weight excluding hydrogens is 316 g/mol. The van der Waals surface area contributed by atoms with E-state index in [0.717, 1.165) is 13.2 Å². The predicted molar refractivity (Wildman–Crippen MR) is 79.2 cm³/mol. The topological polar surface area (TPSA) is 138 Å². The average Bonchev–Trinajstić information content (AvgIpc) is 2.47. The van der Waals surface area contributed by atoms with E-state index in [1.807, 2.05) is 0 Å². The highest BCUT2D eigenvalue weighted by atomic mass is 32.1. The molecule has 1 amide bonds. The summed E-state index contributed by atoms with van der Waals surface area (Å²) in [6.07, 6.45) is 3.20. The number of methoxy groups -OCH3 is 2. The third kappa shape index (κ3) is 4.38. The fourth-order valence-electron chi connectivity index (χ4n) is 1.58. The first-order valence-electron chi connectivity index (χ1n) is 5.95. The fraction of sp³-hybridized carbons (Fsp3) is 0.455. The van der Waals surface area contributed by atoms with Gasteiger partial charge in [-0.15, -0.1) is 0 Å². The lowest BCUT2D eigenvalue weighted by molar-refractivity contribution is -0.557. The highest BCUT2D eigenvalue weighted by Crippen LogP contribution is 2.21. The molecule has 0 aromatic carbocycles. The molecule has 0 aromatic rings. The second-order valence-corrected chi connectivity index (χ2v) is 4.58. The molecule has 0 heterocycles. The molecule has 10 nitrogen and oxygen atoms in total.